The molecule has 1 aliphatic heterocycles. The van der Waals surface area contributed by atoms with E-state index in [4.69, 9.17) is 11.1 Å². The SMILES string of the molecule is N=C(c1cc(F)ccc1N)c1ccnc2c1C(C(F)F)OC(=O)N2. The average molecular weight is 336 g/mol. The van der Waals surface area contributed by atoms with Gasteiger partial charge < -0.3 is 10.5 Å². The standard InChI is InChI=1S/C15H11F3N4O2/c16-6-1-2-9(19)8(5-6)11(20)7-3-4-21-14-10(7)12(13(17)18)24-15(23)22-14/h1-5,12-13,20H,19H2,(H,21,22,23). The summed E-state index contributed by atoms with van der Waals surface area (Å²) in [6.07, 6.45) is -4.72. The fourth-order valence-corrected chi connectivity index (χ4v) is 2.45. The molecule has 0 saturated carbocycles. The molecule has 0 radical (unpaired) electrons. The van der Waals surface area contributed by atoms with Gasteiger partial charge in [-0.15, -0.1) is 0 Å². The first kappa shape index (κ1) is 15.8. The molecule has 9 heteroatoms. The third-order valence-corrected chi connectivity index (χ3v) is 3.51. The lowest BCUT2D eigenvalue weighted by atomic mass is 9.94. The molecule has 6 nitrogen and oxygen atoms in total. The van der Waals surface area contributed by atoms with Crippen LogP contribution in [0.1, 0.15) is 22.8 Å². The van der Waals surface area contributed by atoms with Crippen molar-refractivity contribution in [3.63, 3.8) is 0 Å². The first-order valence-electron chi connectivity index (χ1n) is 6.77. The summed E-state index contributed by atoms with van der Waals surface area (Å²) in [5.74, 6) is -0.754. The molecule has 0 spiro atoms. The number of aromatic nitrogens is 1. The van der Waals surface area contributed by atoms with Crippen molar-refractivity contribution in [3.8, 4) is 0 Å². The second-order valence-corrected chi connectivity index (χ2v) is 5.01. The van der Waals surface area contributed by atoms with E-state index < -0.39 is 24.4 Å². The summed E-state index contributed by atoms with van der Waals surface area (Å²) in [6.45, 7) is 0. The zero-order valence-electron chi connectivity index (χ0n) is 12.0. The van der Waals surface area contributed by atoms with E-state index in [-0.39, 0.29) is 33.9 Å². The quantitative estimate of drug-likeness (QED) is 0.592. The van der Waals surface area contributed by atoms with Crippen molar-refractivity contribution in [2.24, 2.45) is 0 Å². The lowest BCUT2D eigenvalue weighted by Crippen LogP contribution is -2.31. The Kier molecular flexibility index (Phi) is 3.84. The third-order valence-electron chi connectivity index (χ3n) is 3.51. The fourth-order valence-electron chi connectivity index (χ4n) is 2.45. The van der Waals surface area contributed by atoms with E-state index in [9.17, 15) is 18.0 Å². The number of nitrogens with zero attached hydrogens (tertiary/aromatic N) is 1. The molecule has 1 atom stereocenters. The molecule has 2 heterocycles. The highest BCUT2D eigenvalue weighted by molar-refractivity contribution is 6.15. The number of halogens is 3. The zero-order chi connectivity index (χ0) is 17.4. The highest BCUT2D eigenvalue weighted by Gasteiger charge is 2.37. The molecule has 124 valence electrons. The number of nitrogens with one attached hydrogen (secondary N) is 2. The van der Waals surface area contributed by atoms with Gasteiger partial charge in [-0.3, -0.25) is 10.7 Å². The normalized spacial score (nSPS) is 16.3. The van der Waals surface area contributed by atoms with Crippen LogP contribution in [0.15, 0.2) is 30.5 Å². The van der Waals surface area contributed by atoms with Gasteiger partial charge in [0.1, 0.15) is 11.6 Å². The first-order valence-corrected chi connectivity index (χ1v) is 6.77. The molecule has 0 saturated heterocycles. The Morgan fingerprint density at radius 1 is 1.33 bits per heavy atom. The maximum atomic E-state index is 13.5. The number of alkyl halides is 2. The van der Waals surface area contributed by atoms with Crippen LogP contribution < -0.4 is 11.1 Å². The molecule has 1 unspecified atom stereocenters. The van der Waals surface area contributed by atoms with E-state index in [0.29, 0.717) is 0 Å². The van der Waals surface area contributed by atoms with Crippen molar-refractivity contribution in [2.45, 2.75) is 12.5 Å². The topological polar surface area (TPSA) is 101 Å². The monoisotopic (exact) mass is 336 g/mol. The molecule has 1 aliphatic rings. The minimum Gasteiger partial charge on any atom is -0.435 e. The Morgan fingerprint density at radius 2 is 2.08 bits per heavy atom. The van der Waals surface area contributed by atoms with Crippen LogP contribution in [0.5, 0.6) is 0 Å². The number of hydrogen-bond donors (Lipinski definition) is 3. The number of amides is 1. The number of ether oxygens (including phenoxy) is 1. The molecule has 1 amide bonds. The number of fused-ring (bicyclic) bond motifs is 1. The number of cyclic esters (lactones) is 1. The summed E-state index contributed by atoms with van der Waals surface area (Å²) in [5, 5.41) is 10.5. The number of pyridine rings is 1. The van der Waals surface area contributed by atoms with Crippen LogP contribution in [0.3, 0.4) is 0 Å². The Labute approximate surface area is 134 Å². The Balaban J connectivity index is 2.16. The summed E-state index contributed by atoms with van der Waals surface area (Å²) >= 11 is 0. The Bertz CT molecular complexity index is 841. The van der Waals surface area contributed by atoms with Crippen LogP contribution in [-0.2, 0) is 4.74 Å². The Morgan fingerprint density at radius 3 is 2.79 bits per heavy atom. The van der Waals surface area contributed by atoms with Crippen molar-refractivity contribution in [1.29, 1.82) is 5.41 Å². The van der Waals surface area contributed by atoms with Gasteiger partial charge in [-0.2, -0.15) is 0 Å². The van der Waals surface area contributed by atoms with Crippen LogP contribution >= 0.6 is 0 Å². The molecule has 0 bridgehead atoms. The summed E-state index contributed by atoms with van der Waals surface area (Å²) in [7, 11) is 0. The first-order chi connectivity index (χ1) is 11.4. The van der Waals surface area contributed by atoms with E-state index in [0.717, 1.165) is 12.1 Å². The van der Waals surface area contributed by atoms with Gasteiger partial charge in [-0.25, -0.2) is 22.9 Å². The lowest BCUT2D eigenvalue weighted by molar-refractivity contribution is -0.0172. The smallest absolute Gasteiger partial charge is 0.413 e. The van der Waals surface area contributed by atoms with Gasteiger partial charge in [0.05, 0.1) is 11.3 Å². The maximum Gasteiger partial charge on any atom is 0.413 e. The van der Waals surface area contributed by atoms with Crippen LogP contribution in [-0.4, -0.2) is 23.2 Å². The van der Waals surface area contributed by atoms with Crippen LogP contribution in [0, 0.1) is 11.2 Å². The number of benzene rings is 1. The van der Waals surface area contributed by atoms with Gasteiger partial charge in [0.2, 0.25) is 0 Å². The van der Waals surface area contributed by atoms with Gasteiger partial charge in [-0.1, -0.05) is 0 Å². The summed E-state index contributed by atoms with van der Waals surface area (Å²) in [4.78, 5) is 15.2. The average Bonchev–Trinajstić information content (AvgIpc) is 2.54. The highest BCUT2D eigenvalue weighted by Crippen LogP contribution is 2.37. The summed E-state index contributed by atoms with van der Waals surface area (Å²) in [5.41, 5.74) is 5.48. The van der Waals surface area contributed by atoms with Crippen LogP contribution in [0.25, 0.3) is 0 Å². The highest BCUT2D eigenvalue weighted by atomic mass is 19.3. The number of carbonyl (C=O) groups is 1. The molecule has 0 fully saturated rings. The minimum absolute atomic E-state index is 0.0163. The number of hydrogen-bond acceptors (Lipinski definition) is 5. The van der Waals surface area contributed by atoms with E-state index in [1.807, 2.05) is 0 Å². The number of anilines is 2. The fraction of sp³-hybridized carbons (Fsp3) is 0.133. The van der Waals surface area contributed by atoms with Crippen molar-refractivity contribution in [1.82, 2.24) is 4.98 Å². The molecule has 1 aromatic heterocycles. The minimum atomic E-state index is -3.02. The largest absolute Gasteiger partial charge is 0.435 e. The molecule has 3 rings (SSSR count). The third kappa shape index (κ3) is 2.64. The van der Waals surface area contributed by atoms with Crippen molar-refractivity contribution in [2.75, 3.05) is 11.1 Å². The molecule has 1 aromatic carbocycles. The molecular weight excluding hydrogens is 325 g/mol. The molecular formula is C15H11F3N4O2. The van der Waals surface area contributed by atoms with E-state index in [1.54, 1.807) is 0 Å². The number of carbonyl (C=O) groups excluding carboxylic acids is 1. The molecule has 2 aromatic rings. The molecule has 4 N–H and O–H groups in total. The van der Waals surface area contributed by atoms with E-state index >= 15 is 0 Å². The van der Waals surface area contributed by atoms with Gasteiger partial charge in [0.25, 0.3) is 6.43 Å². The lowest BCUT2D eigenvalue weighted by Gasteiger charge is -2.27. The van der Waals surface area contributed by atoms with Gasteiger partial charge in [0, 0.05) is 23.0 Å². The van der Waals surface area contributed by atoms with E-state index in [2.05, 4.69) is 15.0 Å². The predicted octanol–water partition coefficient (Wildman–Crippen LogP) is 3.09. The summed E-state index contributed by atoms with van der Waals surface area (Å²) < 4.78 is 44.6. The summed E-state index contributed by atoms with van der Waals surface area (Å²) in [6, 6.07) is 4.74. The second kappa shape index (κ2) is 5.84. The van der Waals surface area contributed by atoms with Crippen LogP contribution in [0.4, 0.5) is 29.5 Å². The van der Waals surface area contributed by atoms with Gasteiger partial charge in [-0.05, 0) is 24.3 Å². The maximum absolute atomic E-state index is 13.5. The number of nitrogens with two attached hydrogens (primary N) is 1. The van der Waals surface area contributed by atoms with Gasteiger partial charge in [0.15, 0.2) is 6.10 Å². The van der Waals surface area contributed by atoms with Crippen LogP contribution in [0.2, 0.25) is 0 Å². The second-order valence-electron chi connectivity index (χ2n) is 5.01. The van der Waals surface area contributed by atoms with Crippen molar-refractivity contribution >= 4 is 23.3 Å². The molecule has 0 aliphatic carbocycles. The Hall–Kier alpha value is -3.10. The predicted molar refractivity (Wildman–Crippen MR) is 79.8 cm³/mol. The number of rotatable bonds is 3. The van der Waals surface area contributed by atoms with Crippen molar-refractivity contribution in [3.05, 3.63) is 53.0 Å². The zero-order valence-corrected chi connectivity index (χ0v) is 12.0. The van der Waals surface area contributed by atoms with Gasteiger partial charge >= 0.3 is 6.09 Å². The molecule has 24 heavy (non-hydrogen) atoms. The van der Waals surface area contributed by atoms with E-state index in [1.165, 1.54) is 18.3 Å². The number of nitrogen functional groups attached to an aromatic ring is 1. The van der Waals surface area contributed by atoms with Crippen molar-refractivity contribution < 1.29 is 22.7 Å².